The van der Waals surface area contributed by atoms with Crippen molar-refractivity contribution in [2.24, 2.45) is 4.99 Å². The molecule has 0 amide bonds. The second kappa shape index (κ2) is 7.89. The Hall–Kier alpha value is -3.37. The number of aliphatic imine (C=N–C) groups is 1. The predicted octanol–water partition coefficient (Wildman–Crippen LogP) is 4.33. The van der Waals surface area contributed by atoms with Crippen LogP contribution < -0.4 is 5.32 Å². The standard InChI is InChI=1S/C20H16N4O2S/c1-12-6-7-17-15(8-12)16(19(25)26)10-18(24-17)13-4-3-5-14(9-13)23-20(27-2)22-11-21/h3-10H,1-2H3,(H,22,23)(H,25,26). The van der Waals surface area contributed by atoms with E-state index in [0.29, 0.717) is 27.5 Å². The van der Waals surface area contributed by atoms with E-state index in [1.54, 1.807) is 12.1 Å². The summed E-state index contributed by atoms with van der Waals surface area (Å²) in [6.07, 6.45) is 3.67. The van der Waals surface area contributed by atoms with Gasteiger partial charge in [0.1, 0.15) is 0 Å². The number of amidine groups is 1. The zero-order valence-corrected chi connectivity index (χ0v) is 15.5. The van der Waals surface area contributed by atoms with E-state index in [-0.39, 0.29) is 5.56 Å². The Morgan fingerprint density at radius 2 is 2.07 bits per heavy atom. The second-order valence-electron chi connectivity index (χ2n) is 5.79. The van der Waals surface area contributed by atoms with Crippen LogP contribution in [0.4, 0.5) is 5.69 Å². The summed E-state index contributed by atoms with van der Waals surface area (Å²) in [6.45, 7) is 1.92. The van der Waals surface area contributed by atoms with Crippen molar-refractivity contribution in [1.82, 2.24) is 10.3 Å². The summed E-state index contributed by atoms with van der Waals surface area (Å²) in [6, 6.07) is 14.4. The molecule has 0 fully saturated rings. The third kappa shape index (κ3) is 4.07. The average molecular weight is 376 g/mol. The summed E-state index contributed by atoms with van der Waals surface area (Å²) >= 11 is 1.32. The van der Waals surface area contributed by atoms with Crippen molar-refractivity contribution in [3.63, 3.8) is 0 Å². The van der Waals surface area contributed by atoms with E-state index < -0.39 is 5.97 Å². The molecule has 2 aromatic carbocycles. The van der Waals surface area contributed by atoms with Crippen molar-refractivity contribution in [3.8, 4) is 17.5 Å². The monoisotopic (exact) mass is 376 g/mol. The lowest BCUT2D eigenvalue weighted by atomic mass is 10.0. The zero-order chi connectivity index (χ0) is 19.4. The minimum absolute atomic E-state index is 0.212. The number of carboxylic acid groups (broad SMARTS) is 1. The first-order valence-electron chi connectivity index (χ1n) is 8.04. The molecule has 0 aliphatic heterocycles. The van der Waals surface area contributed by atoms with Crippen molar-refractivity contribution in [2.45, 2.75) is 6.92 Å². The zero-order valence-electron chi connectivity index (χ0n) is 14.7. The van der Waals surface area contributed by atoms with E-state index in [1.807, 2.05) is 55.8 Å². The van der Waals surface area contributed by atoms with Gasteiger partial charge in [0.2, 0.25) is 0 Å². The van der Waals surface area contributed by atoms with Crippen molar-refractivity contribution in [1.29, 1.82) is 5.26 Å². The van der Waals surface area contributed by atoms with Gasteiger partial charge in [-0.2, -0.15) is 5.26 Å². The number of carboxylic acids is 1. The number of pyridine rings is 1. The topological polar surface area (TPSA) is 98.4 Å². The highest BCUT2D eigenvalue weighted by atomic mass is 32.2. The van der Waals surface area contributed by atoms with E-state index in [2.05, 4.69) is 15.3 Å². The summed E-state index contributed by atoms with van der Waals surface area (Å²) in [5.74, 6) is -0.994. The van der Waals surface area contributed by atoms with Gasteiger partial charge in [-0.15, -0.1) is 0 Å². The number of hydrogen-bond donors (Lipinski definition) is 2. The molecule has 2 N–H and O–H groups in total. The average Bonchev–Trinajstić information content (AvgIpc) is 2.66. The molecule has 0 saturated carbocycles. The molecule has 0 radical (unpaired) electrons. The lowest BCUT2D eigenvalue weighted by molar-refractivity contribution is 0.0699. The number of nitrogens with one attached hydrogen (secondary N) is 1. The Bertz CT molecular complexity index is 1100. The Morgan fingerprint density at radius 1 is 1.26 bits per heavy atom. The first-order chi connectivity index (χ1) is 13.0. The van der Waals surface area contributed by atoms with Gasteiger partial charge in [0.05, 0.1) is 22.5 Å². The number of nitriles is 1. The number of aromatic nitrogens is 1. The molecular weight excluding hydrogens is 360 g/mol. The van der Waals surface area contributed by atoms with Gasteiger partial charge >= 0.3 is 5.97 Å². The number of benzene rings is 2. The van der Waals surface area contributed by atoms with Gasteiger partial charge in [0, 0.05) is 10.9 Å². The fourth-order valence-corrected chi connectivity index (χ4v) is 3.03. The molecule has 0 aliphatic rings. The normalized spacial score (nSPS) is 11.2. The minimum Gasteiger partial charge on any atom is -0.478 e. The van der Waals surface area contributed by atoms with E-state index in [4.69, 9.17) is 5.26 Å². The third-order valence-corrected chi connectivity index (χ3v) is 4.50. The second-order valence-corrected chi connectivity index (χ2v) is 6.58. The summed E-state index contributed by atoms with van der Waals surface area (Å²) in [5.41, 5.74) is 3.76. The van der Waals surface area contributed by atoms with Crippen LogP contribution in [-0.4, -0.2) is 27.5 Å². The quantitative estimate of drug-likeness (QED) is 0.305. The molecule has 1 aromatic heterocycles. The highest BCUT2D eigenvalue weighted by molar-refractivity contribution is 8.13. The van der Waals surface area contributed by atoms with Crippen LogP contribution in [-0.2, 0) is 0 Å². The van der Waals surface area contributed by atoms with Crippen LogP contribution in [0.5, 0.6) is 0 Å². The molecule has 6 nitrogen and oxygen atoms in total. The van der Waals surface area contributed by atoms with Crippen LogP contribution in [0.3, 0.4) is 0 Å². The number of aromatic carboxylic acids is 1. The van der Waals surface area contributed by atoms with Gasteiger partial charge in [-0.05, 0) is 43.5 Å². The first kappa shape index (κ1) is 18.4. The lowest BCUT2D eigenvalue weighted by Crippen LogP contribution is -2.12. The highest BCUT2D eigenvalue weighted by Crippen LogP contribution is 2.28. The van der Waals surface area contributed by atoms with Gasteiger partial charge in [-0.3, -0.25) is 5.32 Å². The third-order valence-electron chi connectivity index (χ3n) is 3.92. The van der Waals surface area contributed by atoms with Crippen molar-refractivity contribution in [3.05, 3.63) is 59.7 Å². The summed E-state index contributed by atoms with van der Waals surface area (Å²) in [7, 11) is 0. The van der Waals surface area contributed by atoms with Crippen molar-refractivity contribution >= 4 is 39.5 Å². The maximum atomic E-state index is 11.7. The maximum absolute atomic E-state index is 11.7. The molecule has 1 heterocycles. The molecule has 0 atom stereocenters. The minimum atomic E-state index is -0.994. The van der Waals surface area contributed by atoms with Crippen molar-refractivity contribution < 1.29 is 9.90 Å². The highest BCUT2D eigenvalue weighted by Gasteiger charge is 2.13. The predicted molar refractivity (Wildman–Crippen MR) is 108 cm³/mol. The SMILES string of the molecule is CSC(=Nc1cccc(-c2cc(C(=O)O)c3cc(C)ccc3n2)c1)NC#N. The van der Waals surface area contributed by atoms with Crippen molar-refractivity contribution in [2.75, 3.05) is 6.26 Å². The summed E-state index contributed by atoms with van der Waals surface area (Å²) in [4.78, 5) is 20.7. The molecule has 7 heteroatoms. The van der Waals surface area contributed by atoms with E-state index in [0.717, 1.165) is 11.1 Å². The molecule has 0 unspecified atom stereocenters. The molecule has 0 aliphatic carbocycles. The number of nitrogens with zero attached hydrogens (tertiary/aromatic N) is 3. The maximum Gasteiger partial charge on any atom is 0.336 e. The van der Waals surface area contributed by atoms with E-state index >= 15 is 0 Å². The number of fused-ring (bicyclic) bond motifs is 1. The molecule has 3 aromatic rings. The Balaban J connectivity index is 2.13. The molecular formula is C20H16N4O2S. The van der Waals surface area contributed by atoms with Crippen LogP contribution in [0.2, 0.25) is 0 Å². The number of carbonyl (C=O) groups is 1. The Morgan fingerprint density at radius 3 is 2.78 bits per heavy atom. The molecule has 3 rings (SSSR count). The van der Waals surface area contributed by atoms with Crippen LogP contribution in [0, 0.1) is 18.4 Å². The summed E-state index contributed by atoms with van der Waals surface area (Å²) in [5, 5.41) is 22.0. The molecule has 0 spiro atoms. The molecule has 0 bridgehead atoms. The first-order valence-corrected chi connectivity index (χ1v) is 9.27. The van der Waals surface area contributed by atoms with E-state index in [9.17, 15) is 9.90 Å². The van der Waals surface area contributed by atoms with Crippen LogP contribution >= 0.6 is 11.8 Å². The van der Waals surface area contributed by atoms with Gasteiger partial charge in [0.25, 0.3) is 0 Å². The number of rotatable bonds is 3. The largest absolute Gasteiger partial charge is 0.478 e. The summed E-state index contributed by atoms with van der Waals surface area (Å²) < 4.78 is 0. The Labute approximate surface area is 160 Å². The van der Waals surface area contributed by atoms with Gasteiger partial charge in [0.15, 0.2) is 11.4 Å². The Kier molecular flexibility index (Phi) is 5.38. The number of aryl methyl sites for hydroxylation is 1. The van der Waals surface area contributed by atoms with Crippen LogP contribution in [0.15, 0.2) is 53.5 Å². The molecule has 134 valence electrons. The fourth-order valence-electron chi connectivity index (χ4n) is 2.69. The van der Waals surface area contributed by atoms with Crippen LogP contribution in [0.25, 0.3) is 22.2 Å². The van der Waals surface area contributed by atoms with E-state index in [1.165, 1.54) is 11.8 Å². The van der Waals surface area contributed by atoms with Gasteiger partial charge < -0.3 is 5.11 Å². The fraction of sp³-hybridized carbons (Fsp3) is 0.100. The molecule has 27 heavy (non-hydrogen) atoms. The number of hydrogen-bond acceptors (Lipinski definition) is 5. The smallest absolute Gasteiger partial charge is 0.336 e. The number of thioether (sulfide) groups is 1. The van der Waals surface area contributed by atoms with Gasteiger partial charge in [-0.1, -0.05) is 35.5 Å². The molecule has 0 saturated heterocycles. The lowest BCUT2D eigenvalue weighted by Gasteiger charge is -2.09. The van der Waals surface area contributed by atoms with Gasteiger partial charge in [-0.25, -0.2) is 14.8 Å². The van der Waals surface area contributed by atoms with Crippen LogP contribution in [0.1, 0.15) is 15.9 Å².